The molecular formula is C28H34N4O6-2. The lowest BCUT2D eigenvalue weighted by Gasteiger charge is -2.26. The fraction of sp³-hybridized carbons (Fsp3) is 0.500. The van der Waals surface area contributed by atoms with Gasteiger partial charge < -0.3 is 10.2 Å². The molecule has 0 saturated heterocycles. The molecule has 0 heterocycles. The number of benzene rings is 2. The molecule has 0 spiro atoms. The van der Waals surface area contributed by atoms with Crippen molar-refractivity contribution in [1.29, 1.82) is 0 Å². The molecule has 0 aromatic heterocycles. The topological polar surface area (TPSA) is 157 Å². The van der Waals surface area contributed by atoms with E-state index in [0.29, 0.717) is 24.0 Å². The molecule has 2 atom stereocenters. The van der Waals surface area contributed by atoms with E-state index in [9.17, 15) is 30.4 Å². The standard InChI is InChI=1S/C28H36N4O6/c1-27(2,3)19-11-17(25(33)23(13-19)31(35)36)15-29-21-9-7-8-10-22(21)30-16-18-12-20(28(4,5)6)14-24(26(18)34)32(37)38/h11-16,21-22,33-34H,7-10H2,1-6H3/p-2/t21-,22-/m1/s1. The Balaban J connectivity index is 1.97. The Labute approximate surface area is 222 Å². The molecule has 2 aromatic carbocycles. The molecule has 204 valence electrons. The fourth-order valence-electron chi connectivity index (χ4n) is 4.39. The average molecular weight is 523 g/mol. The minimum atomic E-state index is -0.690. The maximum Gasteiger partial charge on any atom is 0.262 e. The van der Waals surface area contributed by atoms with Crippen molar-refractivity contribution in [1.82, 2.24) is 0 Å². The lowest BCUT2D eigenvalue weighted by molar-refractivity contribution is -0.398. The van der Waals surface area contributed by atoms with Gasteiger partial charge in [0.15, 0.2) is 0 Å². The van der Waals surface area contributed by atoms with Crippen LogP contribution in [0.25, 0.3) is 0 Å². The fourth-order valence-corrected chi connectivity index (χ4v) is 4.39. The van der Waals surface area contributed by atoms with Crippen LogP contribution in [0.4, 0.5) is 11.4 Å². The van der Waals surface area contributed by atoms with Gasteiger partial charge in [-0.2, -0.15) is 0 Å². The molecule has 0 bridgehead atoms. The molecule has 1 aliphatic rings. The van der Waals surface area contributed by atoms with Crippen molar-refractivity contribution in [3.8, 4) is 11.5 Å². The highest BCUT2D eigenvalue weighted by Crippen LogP contribution is 2.35. The van der Waals surface area contributed by atoms with Crippen LogP contribution in [0, 0.1) is 20.2 Å². The van der Waals surface area contributed by atoms with Gasteiger partial charge in [-0.25, -0.2) is 0 Å². The largest absolute Gasteiger partial charge is 0.867 e. The van der Waals surface area contributed by atoms with Crippen LogP contribution in [-0.4, -0.2) is 34.4 Å². The number of rotatable bonds is 6. The van der Waals surface area contributed by atoms with Crippen LogP contribution in [0.2, 0.25) is 0 Å². The first-order chi connectivity index (χ1) is 17.6. The maximum atomic E-state index is 12.7. The molecule has 10 heteroatoms. The second-order valence-electron chi connectivity index (χ2n) is 11.8. The number of nitrogens with zero attached hydrogens (tertiary/aromatic N) is 4. The molecule has 3 rings (SSSR count). The second-order valence-corrected chi connectivity index (χ2v) is 11.8. The van der Waals surface area contributed by atoms with Crippen LogP contribution in [0.1, 0.15) is 89.5 Å². The monoisotopic (exact) mass is 522 g/mol. The van der Waals surface area contributed by atoms with E-state index in [0.717, 1.165) is 12.8 Å². The summed E-state index contributed by atoms with van der Waals surface area (Å²) in [6.07, 6.45) is 5.98. The lowest BCUT2D eigenvalue weighted by atomic mass is 9.85. The summed E-state index contributed by atoms with van der Waals surface area (Å²) in [6, 6.07) is 5.32. The molecule has 1 fully saturated rings. The number of nitro groups is 2. The van der Waals surface area contributed by atoms with Gasteiger partial charge in [-0.15, -0.1) is 0 Å². The molecule has 0 unspecified atom stereocenters. The Kier molecular flexibility index (Phi) is 8.24. The summed E-state index contributed by atoms with van der Waals surface area (Å²) in [6.45, 7) is 11.5. The van der Waals surface area contributed by atoms with Crippen molar-refractivity contribution < 1.29 is 20.1 Å². The highest BCUT2D eigenvalue weighted by atomic mass is 16.6. The van der Waals surface area contributed by atoms with E-state index in [1.165, 1.54) is 24.6 Å². The summed E-state index contributed by atoms with van der Waals surface area (Å²) in [5, 5.41) is 48.4. The number of hydrogen-bond acceptors (Lipinski definition) is 8. The minimum absolute atomic E-state index is 0.146. The lowest BCUT2D eigenvalue weighted by Crippen LogP contribution is -2.27. The molecule has 1 saturated carbocycles. The molecule has 10 nitrogen and oxygen atoms in total. The van der Waals surface area contributed by atoms with Crippen molar-refractivity contribution in [2.24, 2.45) is 9.98 Å². The minimum Gasteiger partial charge on any atom is -0.867 e. The van der Waals surface area contributed by atoms with E-state index in [4.69, 9.17) is 0 Å². The van der Waals surface area contributed by atoms with Crippen LogP contribution < -0.4 is 10.2 Å². The molecule has 2 aromatic rings. The first kappa shape index (κ1) is 28.7. The molecule has 0 N–H and O–H groups in total. The van der Waals surface area contributed by atoms with Gasteiger partial charge in [0, 0.05) is 24.6 Å². The zero-order chi connectivity index (χ0) is 28.4. The predicted molar refractivity (Wildman–Crippen MR) is 144 cm³/mol. The Bertz CT molecular complexity index is 1190. The summed E-state index contributed by atoms with van der Waals surface area (Å²) in [5.74, 6) is -1.38. The molecule has 1 aliphatic carbocycles. The quantitative estimate of drug-likeness (QED) is 0.292. The van der Waals surface area contributed by atoms with Gasteiger partial charge in [0.2, 0.25) is 0 Å². The van der Waals surface area contributed by atoms with Gasteiger partial charge in [0.25, 0.3) is 11.4 Å². The van der Waals surface area contributed by atoms with E-state index in [1.54, 1.807) is 12.1 Å². The molecule has 38 heavy (non-hydrogen) atoms. The summed E-state index contributed by atoms with van der Waals surface area (Å²) in [5.41, 5.74) is -0.169. The SMILES string of the molecule is CC(C)(C)c1cc(C=N[C@@H]2CCCC[C@H]2N=Cc2cc(C(C)(C)C)cc([N+](=O)[O-])c2[O-])c([O-])c([N+](=O)[O-])c1. The van der Waals surface area contributed by atoms with Gasteiger partial charge in [0.1, 0.15) is 0 Å². The summed E-state index contributed by atoms with van der Waals surface area (Å²) in [7, 11) is 0. The van der Waals surface area contributed by atoms with E-state index >= 15 is 0 Å². The second kappa shape index (κ2) is 10.9. The van der Waals surface area contributed by atoms with Crippen molar-refractivity contribution >= 4 is 23.8 Å². The van der Waals surface area contributed by atoms with Gasteiger partial charge in [-0.1, -0.05) is 54.4 Å². The van der Waals surface area contributed by atoms with Gasteiger partial charge >= 0.3 is 0 Å². The molecule has 0 radical (unpaired) electrons. The van der Waals surface area contributed by atoms with E-state index in [-0.39, 0.29) is 23.2 Å². The van der Waals surface area contributed by atoms with Crippen LogP contribution >= 0.6 is 0 Å². The third-order valence-corrected chi connectivity index (χ3v) is 6.83. The van der Waals surface area contributed by atoms with E-state index in [2.05, 4.69) is 9.98 Å². The zero-order valence-electron chi connectivity index (χ0n) is 22.7. The molecule has 0 amide bonds. The normalized spacial score (nSPS) is 18.8. The Morgan fingerprint density at radius 3 is 1.34 bits per heavy atom. The van der Waals surface area contributed by atoms with E-state index in [1.807, 2.05) is 41.5 Å². The number of hydrogen-bond donors (Lipinski definition) is 0. The molecule has 0 aliphatic heterocycles. The van der Waals surface area contributed by atoms with Crippen LogP contribution in [-0.2, 0) is 10.8 Å². The van der Waals surface area contributed by atoms with Crippen LogP contribution in [0.5, 0.6) is 11.5 Å². The Morgan fingerprint density at radius 1 is 0.711 bits per heavy atom. The third-order valence-electron chi connectivity index (χ3n) is 6.83. The van der Waals surface area contributed by atoms with Crippen LogP contribution in [0.3, 0.4) is 0 Å². The maximum absolute atomic E-state index is 12.7. The van der Waals surface area contributed by atoms with Gasteiger partial charge in [0.05, 0.1) is 21.9 Å². The first-order valence-corrected chi connectivity index (χ1v) is 12.7. The van der Waals surface area contributed by atoms with Crippen molar-refractivity contribution in [3.63, 3.8) is 0 Å². The van der Waals surface area contributed by atoms with E-state index < -0.39 is 43.6 Å². The summed E-state index contributed by atoms with van der Waals surface area (Å²) in [4.78, 5) is 30.8. The number of nitro benzene ring substituents is 2. The van der Waals surface area contributed by atoms with Crippen LogP contribution in [0.15, 0.2) is 34.3 Å². The zero-order valence-corrected chi connectivity index (χ0v) is 22.7. The Morgan fingerprint density at radius 2 is 1.05 bits per heavy atom. The summed E-state index contributed by atoms with van der Waals surface area (Å²) < 4.78 is 0. The highest BCUT2D eigenvalue weighted by molar-refractivity contribution is 5.87. The third kappa shape index (κ3) is 6.54. The van der Waals surface area contributed by atoms with Crippen molar-refractivity contribution in [2.75, 3.05) is 0 Å². The predicted octanol–water partition coefficient (Wildman–Crippen LogP) is 5.09. The molecular weight excluding hydrogens is 488 g/mol. The number of aliphatic imine (C=N–C) groups is 2. The van der Waals surface area contributed by atoms with Gasteiger partial charge in [-0.05, 0) is 69.6 Å². The van der Waals surface area contributed by atoms with Crippen molar-refractivity contribution in [2.45, 2.75) is 90.1 Å². The smallest absolute Gasteiger partial charge is 0.262 e. The Hall–Kier alpha value is -3.82. The average Bonchev–Trinajstić information content (AvgIpc) is 2.81. The van der Waals surface area contributed by atoms with Gasteiger partial charge in [-0.3, -0.25) is 30.2 Å². The highest BCUT2D eigenvalue weighted by Gasteiger charge is 2.25. The van der Waals surface area contributed by atoms with Crippen molar-refractivity contribution in [3.05, 3.63) is 66.7 Å². The summed E-state index contributed by atoms with van der Waals surface area (Å²) >= 11 is 0. The first-order valence-electron chi connectivity index (χ1n) is 12.7.